The molecular formula is C23H25N5O4S. The normalized spacial score (nSPS) is 11.8. The number of sulfonamides is 1. The van der Waals surface area contributed by atoms with Gasteiger partial charge in [-0.3, -0.25) is 18.9 Å². The molecule has 4 rings (SSSR count). The van der Waals surface area contributed by atoms with Gasteiger partial charge in [-0.2, -0.15) is 0 Å². The van der Waals surface area contributed by atoms with Gasteiger partial charge in [-0.1, -0.05) is 19.1 Å². The van der Waals surface area contributed by atoms with Gasteiger partial charge in [0.1, 0.15) is 5.52 Å². The van der Waals surface area contributed by atoms with E-state index in [1.54, 1.807) is 37.6 Å². The molecule has 0 atom stereocenters. The van der Waals surface area contributed by atoms with Gasteiger partial charge in [0.25, 0.3) is 5.56 Å². The highest BCUT2D eigenvalue weighted by molar-refractivity contribution is 7.89. The molecule has 3 heterocycles. The Bertz CT molecular complexity index is 1500. The van der Waals surface area contributed by atoms with Crippen molar-refractivity contribution in [3.05, 3.63) is 81.3 Å². The van der Waals surface area contributed by atoms with E-state index in [4.69, 9.17) is 0 Å². The summed E-state index contributed by atoms with van der Waals surface area (Å²) < 4.78 is 30.5. The van der Waals surface area contributed by atoms with Crippen molar-refractivity contribution in [2.45, 2.75) is 31.2 Å². The van der Waals surface area contributed by atoms with Crippen LogP contribution in [0.25, 0.3) is 22.3 Å². The van der Waals surface area contributed by atoms with Crippen LogP contribution in [0.15, 0.2) is 69.3 Å². The van der Waals surface area contributed by atoms with Crippen LogP contribution in [0, 0.1) is 0 Å². The Morgan fingerprint density at radius 2 is 1.76 bits per heavy atom. The van der Waals surface area contributed by atoms with Gasteiger partial charge < -0.3 is 4.98 Å². The van der Waals surface area contributed by atoms with Crippen molar-refractivity contribution >= 4 is 21.1 Å². The second-order valence-corrected chi connectivity index (χ2v) is 9.54. The van der Waals surface area contributed by atoms with E-state index in [-0.39, 0.29) is 22.7 Å². The zero-order valence-corrected chi connectivity index (χ0v) is 19.2. The number of aryl methyl sites for hydroxylation is 1. The number of aromatic nitrogens is 4. The maximum absolute atomic E-state index is 12.8. The van der Waals surface area contributed by atoms with Gasteiger partial charge in [-0.05, 0) is 54.3 Å². The van der Waals surface area contributed by atoms with Crippen molar-refractivity contribution in [1.29, 1.82) is 0 Å². The molecule has 0 saturated heterocycles. The largest absolute Gasteiger partial charge is 0.349 e. The van der Waals surface area contributed by atoms with Gasteiger partial charge in [-0.25, -0.2) is 17.9 Å². The number of hydrogen-bond donors (Lipinski definition) is 2. The zero-order valence-electron chi connectivity index (χ0n) is 18.4. The summed E-state index contributed by atoms with van der Waals surface area (Å²) in [5.74, 6) is 0. The number of benzene rings is 1. The Kier molecular flexibility index (Phi) is 6.30. The van der Waals surface area contributed by atoms with Crippen LogP contribution in [-0.2, 0) is 30.0 Å². The second-order valence-electron chi connectivity index (χ2n) is 7.77. The Morgan fingerprint density at radius 1 is 1.06 bits per heavy atom. The van der Waals surface area contributed by atoms with Crippen LogP contribution in [0.2, 0.25) is 0 Å². The number of rotatable bonds is 8. The highest BCUT2D eigenvalue weighted by Crippen LogP contribution is 2.23. The van der Waals surface area contributed by atoms with Crippen molar-refractivity contribution in [3.8, 4) is 11.3 Å². The molecule has 0 amide bonds. The summed E-state index contributed by atoms with van der Waals surface area (Å²) in [6, 6.07) is 11.8. The van der Waals surface area contributed by atoms with Crippen LogP contribution in [0.3, 0.4) is 0 Å². The van der Waals surface area contributed by atoms with Crippen LogP contribution in [0.4, 0.5) is 0 Å². The zero-order chi connectivity index (χ0) is 23.6. The van der Waals surface area contributed by atoms with E-state index >= 15 is 0 Å². The third-order valence-electron chi connectivity index (χ3n) is 5.51. The first-order valence-corrected chi connectivity index (χ1v) is 12.1. The number of hydrogen-bond acceptors (Lipinski definition) is 5. The van der Waals surface area contributed by atoms with Crippen LogP contribution in [-0.4, -0.2) is 34.1 Å². The SMILES string of the molecule is CCCn1c(=O)c2[nH]c(-c3ccc(S(=O)(=O)NCCc4ccncc4)cc3)cc2n(C)c1=O. The number of H-pyrrole nitrogens is 1. The third-order valence-corrected chi connectivity index (χ3v) is 6.99. The van der Waals surface area contributed by atoms with Crippen LogP contribution in [0.1, 0.15) is 18.9 Å². The number of aromatic amines is 1. The molecule has 0 aliphatic rings. The average Bonchev–Trinajstić information content (AvgIpc) is 3.27. The molecule has 0 unspecified atom stereocenters. The average molecular weight is 468 g/mol. The Morgan fingerprint density at radius 3 is 2.42 bits per heavy atom. The highest BCUT2D eigenvalue weighted by atomic mass is 32.2. The minimum absolute atomic E-state index is 0.148. The van der Waals surface area contributed by atoms with Gasteiger partial charge in [0.2, 0.25) is 10.0 Å². The molecule has 33 heavy (non-hydrogen) atoms. The van der Waals surface area contributed by atoms with E-state index in [0.29, 0.717) is 41.7 Å². The summed E-state index contributed by atoms with van der Waals surface area (Å²) in [7, 11) is -2.03. The molecule has 0 aliphatic carbocycles. The van der Waals surface area contributed by atoms with E-state index in [1.165, 1.54) is 21.3 Å². The Labute approximate surface area is 190 Å². The molecule has 0 radical (unpaired) electrons. The van der Waals surface area contributed by atoms with Gasteiger partial charge >= 0.3 is 5.69 Å². The highest BCUT2D eigenvalue weighted by Gasteiger charge is 2.16. The first-order valence-electron chi connectivity index (χ1n) is 10.6. The fourth-order valence-corrected chi connectivity index (χ4v) is 4.76. The van der Waals surface area contributed by atoms with Crippen LogP contribution < -0.4 is 16.0 Å². The minimum atomic E-state index is -3.66. The van der Waals surface area contributed by atoms with Crippen LogP contribution in [0.5, 0.6) is 0 Å². The molecule has 9 nitrogen and oxygen atoms in total. The number of fused-ring (bicyclic) bond motifs is 1. The monoisotopic (exact) mass is 467 g/mol. The van der Waals surface area contributed by atoms with Gasteiger partial charge in [-0.15, -0.1) is 0 Å². The summed E-state index contributed by atoms with van der Waals surface area (Å²) >= 11 is 0. The lowest BCUT2D eigenvalue weighted by molar-refractivity contribution is 0.581. The fraction of sp³-hybridized carbons (Fsp3) is 0.261. The molecule has 1 aromatic carbocycles. The molecule has 0 aliphatic heterocycles. The van der Waals surface area contributed by atoms with Gasteiger partial charge in [0.15, 0.2) is 0 Å². The quantitative estimate of drug-likeness (QED) is 0.411. The molecule has 2 N–H and O–H groups in total. The summed E-state index contributed by atoms with van der Waals surface area (Å²) in [4.78, 5) is 32.4. The van der Waals surface area contributed by atoms with Crippen molar-refractivity contribution < 1.29 is 8.42 Å². The number of nitrogens with zero attached hydrogens (tertiary/aromatic N) is 3. The first-order chi connectivity index (χ1) is 15.8. The number of nitrogens with one attached hydrogen (secondary N) is 2. The maximum Gasteiger partial charge on any atom is 0.331 e. The molecule has 0 saturated carbocycles. The molecule has 10 heteroatoms. The van der Waals surface area contributed by atoms with Crippen molar-refractivity contribution in [1.82, 2.24) is 23.8 Å². The smallest absolute Gasteiger partial charge is 0.331 e. The molecule has 0 bridgehead atoms. The summed E-state index contributed by atoms with van der Waals surface area (Å²) in [5, 5.41) is 0. The Balaban J connectivity index is 1.57. The lowest BCUT2D eigenvalue weighted by Gasteiger charge is -2.07. The summed E-state index contributed by atoms with van der Waals surface area (Å²) in [6.45, 7) is 2.52. The standard InChI is InChI=1S/C23H25N5O4S/c1-3-14-28-22(29)21-20(27(2)23(28)30)15-19(26-21)17-4-6-18(7-5-17)33(31,32)25-13-10-16-8-11-24-12-9-16/h4-9,11-12,15,25-26H,3,10,13-14H2,1-2H3. The van der Waals surface area contributed by atoms with E-state index in [0.717, 1.165) is 5.56 Å². The second kappa shape index (κ2) is 9.16. The molecular weight excluding hydrogens is 442 g/mol. The molecule has 172 valence electrons. The van der Waals surface area contributed by atoms with Crippen molar-refractivity contribution in [2.24, 2.45) is 7.05 Å². The lowest BCUT2D eigenvalue weighted by atomic mass is 10.1. The van der Waals surface area contributed by atoms with Gasteiger partial charge in [0.05, 0.1) is 10.4 Å². The van der Waals surface area contributed by atoms with E-state index < -0.39 is 10.0 Å². The van der Waals surface area contributed by atoms with Crippen molar-refractivity contribution in [3.63, 3.8) is 0 Å². The van der Waals surface area contributed by atoms with Crippen molar-refractivity contribution in [2.75, 3.05) is 6.54 Å². The lowest BCUT2D eigenvalue weighted by Crippen LogP contribution is -2.38. The van der Waals surface area contributed by atoms with Gasteiger partial charge in [0, 0.05) is 38.2 Å². The van der Waals surface area contributed by atoms with E-state index in [2.05, 4.69) is 14.7 Å². The topological polar surface area (TPSA) is 119 Å². The maximum atomic E-state index is 12.8. The number of pyridine rings is 1. The Hall–Kier alpha value is -3.50. The molecule has 0 spiro atoms. The van der Waals surface area contributed by atoms with E-state index in [9.17, 15) is 18.0 Å². The fourth-order valence-electron chi connectivity index (χ4n) is 3.73. The molecule has 0 fully saturated rings. The predicted molar refractivity (Wildman–Crippen MR) is 127 cm³/mol. The minimum Gasteiger partial charge on any atom is -0.349 e. The summed E-state index contributed by atoms with van der Waals surface area (Å²) in [5.41, 5.74) is 2.45. The first kappa shape index (κ1) is 22.7. The van der Waals surface area contributed by atoms with E-state index in [1.807, 2.05) is 19.1 Å². The summed E-state index contributed by atoms with van der Waals surface area (Å²) in [6.07, 6.45) is 4.57. The van der Waals surface area contributed by atoms with Crippen LogP contribution >= 0.6 is 0 Å². The third kappa shape index (κ3) is 4.53. The predicted octanol–water partition coefficient (Wildman–Crippen LogP) is 2.02. The molecule has 4 aromatic rings. The molecule has 3 aromatic heterocycles.